The average Bonchev–Trinajstić information content (AvgIpc) is 2.43. The molecule has 1 aromatic carbocycles. The van der Waals surface area contributed by atoms with Gasteiger partial charge in [0.25, 0.3) is 0 Å². The molecule has 0 unspecified atom stereocenters. The number of carboxylic acid groups (broad SMARTS) is 1. The number of amides is 2. The summed E-state index contributed by atoms with van der Waals surface area (Å²) in [6.45, 7) is 1.80. The molecule has 0 bridgehead atoms. The molecule has 0 fully saturated rings. The van der Waals surface area contributed by atoms with E-state index in [1.165, 1.54) is 13.0 Å². The van der Waals surface area contributed by atoms with E-state index >= 15 is 0 Å². The van der Waals surface area contributed by atoms with E-state index in [-0.39, 0.29) is 5.57 Å². The van der Waals surface area contributed by atoms with Crippen molar-refractivity contribution in [1.82, 2.24) is 5.32 Å². The van der Waals surface area contributed by atoms with Crippen LogP contribution in [-0.4, -0.2) is 23.7 Å². The zero-order valence-electron chi connectivity index (χ0n) is 11.0. The summed E-state index contributed by atoms with van der Waals surface area (Å²) in [5, 5.41) is 22.7. The molecule has 0 aliphatic heterocycles. The summed E-state index contributed by atoms with van der Waals surface area (Å²) in [4.78, 5) is 22.1. The third-order valence-electron chi connectivity index (χ3n) is 2.51. The van der Waals surface area contributed by atoms with Gasteiger partial charge in [-0.1, -0.05) is 18.2 Å². The highest BCUT2D eigenvalue weighted by molar-refractivity contribution is 5.90. The highest BCUT2D eigenvalue weighted by Gasteiger charge is 2.05. The van der Waals surface area contributed by atoms with Crippen LogP contribution in [-0.2, 0) is 4.79 Å². The first-order chi connectivity index (χ1) is 9.54. The monoisotopic (exact) mass is 273 g/mol. The number of urea groups is 1. The van der Waals surface area contributed by atoms with Crippen LogP contribution >= 0.6 is 0 Å². The Balaban J connectivity index is 2.44. The molecule has 2 amide bonds. The fraction of sp³-hybridized carbons (Fsp3) is 0.214. The quantitative estimate of drug-likeness (QED) is 0.564. The second-order valence-electron chi connectivity index (χ2n) is 4.02. The largest absolute Gasteiger partial charge is 0.478 e. The highest BCUT2D eigenvalue weighted by Crippen LogP contribution is 2.12. The first kappa shape index (κ1) is 15.2. The molecule has 6 heteroatoms. The number of rotatable bonds is 5. The number of para-hydroxylation sites is 1. The van der Waals surface area contributed by atoms with Crippen LogP contribution in [0.25, 0.3) is 0 Å². The van der Waals surface area contributed by atoms with Crippen molar-refractivity contribution in [1.29, 1.82) is 5.26 Å². The summed E-state index contributed by atoms with van der Waals surface area (Å²) in [7, 11) is 0. The standard InChI is InChI=1S/C14H15N3O3/c1-10(13(18)19)5-4-8-16-14(20)17-12-7-3-2-6-11(12)9-15/h2-3,5-7H,4,8H2,1H3,(H,18,19)(H2,16,17,20). The fourth-order valence-corrected chi connectivity index (χ4v) is 1.42. The topological polar surface area (TPSA) is 102 Å². The molecule has 104 valence electrons. The normalized spacial score (nSPS) is 10.5. The molecule has 3 N–H and O–H groups in total. The van der Waals surface area contributed by atoms with Crippen molar-refractivity contribution < 1.29 is 14.7 Å². The number of carbonyl (C=O) groups is 2. The van der Waals surface area contributed by atoms with Crippen molar-refractivity contribution in [3.05, 3.63) is 41.5 Å². The van der Waals surface area contributed by atoms with Crippen LogP contribution in [0.2, 0.25) is 0 Å². The van der Waals surface area contributed by atoms with Gasteiger partial charge in [0.2, 0.25) is 0 Å². The van der Waals surface area contributed by atoms with Crippen molar-refractivity contribution in [3.8, 4) is 6.07 Å². The zero-order valence-corrected chi connectivity index (χ0v) is 11.0. The molecular weight excluding hydrogens is 258 g/mol. The summed E-state index contributed by atoms with van der Waals surface area (Å²) in [6, 6.07) is 8.21. The third kappa shape index (κ3) is 4.82. The van der Waals surface area contributed by atoms with Gasteiger partial charge in [-0.25, -0.2) is 9.59 Å². The number of nitrogens with one attached hydrogen (secondary N) is 2. The van der Waals surface area contributed by atoms with Gasteiger partial charge in [-0.3, -0.25) is 0 Å². The Kier molecular flexibility index (Phi) is 5.78. The molecule has 20 heavy (non-hydrogen) atoms. The van der Waals surface area contributed by atoms with E-state index in [0.29, 0.717) is 24.2 Å². The molecule has 0 heterocycles. The van der Waals surface area contributed by atoms with Gasteiger partial charge in [0.1, 0.15) is 6.07 Å². The maximum Gasteiger partial charge on any atom is 0.330 e. The van der Waals surface area contributed by atoms with Gasteiger partial charge in [0, 0.05) is 12.1 Å². The SMILES string of the molecule is CC(=CCCNC(=O)Nc1ccccc1C#N)C(=O)O. The van der Waals surface area contributed by atoms with E-state index in [0.717, 1.165) is 0 Å². The van der Waals surface area contributed by atoms with Crippen molar-refractivity contribution in [2.24, 2.45) is 0 Å². The predicted octanol–water partition coefficient (Wildman–Crippen LogP) is 2.10. The maximum atomic E-state index is 11.6. The van der Waals surface area contributed by atoms with Crippen LogP contribution in [0.15, 0.2) is 35.9 Å². The summed E-state index contributed by atoms with van der Waals surface area (Å²) in [5.74, 6) is -0.975. The van der Waals surface area contributed by atoms with Crippen LogP contribution < -0.4 is 10.6 Å². The second kappa shape index (κ2) is 7.59. The Morgan fingerprint density at radius 2 is 2.10 bits per heavy atom. The maximum absolute atomic E-state index is 11.6. The van der Waals surface area contributed by atoms with Crippen LogP contribution in [0, 0.1) is 11.3 Å². The van der Waals surface area contributed by atoms with Crippen molar-refractivity contribution in [2.75, 3.05) is 11.9 Å². The summed E-state index contributed by atoms with van der Waals surface area (Å²) < 4.78 is 0. The number of carbonyl (C=O) groups excluding carboxylic acids is 1. The smallest absolute Gasteiger partial charge is 0.330 e. The van der Waals surface area contributed by atoms with Gasteiger partial charge < -0.3 is 15.7 Å². The van der Waals surface area contributed by atoms with Crippen LogP contribution in [0.4, 0.5) is 10.5 Å². The minimum Gasteiger partial charge on any atom is -0.478 e. The predicted molar refractivity (Wildman–Crippen MR) is 74.2 cm³/mol. The number of carboxylic acids is 1. The molecule has 1 aromatic rings. The highest BCUT2D eigenvalue weighted by atomic mass is 16.4. The molecule has 0 aliphatic carbocycles. The van der Waals surface area contributed by atoms with Gasteiger partial charge in [-0.15, -0.1) is 0 Å². The zero-order chi connectivity index (χ0) is 15.0. The molecule has 6 nitrogen and oxygen atoms in total. The molecule has 0 aliphatic rings. The number of hydrogen-bond donors (Lipinski definition) is 3. The lowest BCUT2D eigenvalue weighted by Crippen LogP contribution is -2.29. The fourth-order valence-electron chi connectivity index (χ4n) is 1.42. The number of nitriles is 1. The molecule has 0 aromatic heterocycles. The van der Waals surface area contributed by atoms with Gasteiger partial charge in [-0.05, 0) is 25.5 Å². The van der Waals surface area contributed by atoms with E-state index in [1.54, 1.807) is 24.3 Å². The molecular formula is C14H15N3O3. The second-order valence-corrected chi connectivity index (χ2v) is 4.02. The number of benzene rings is 1. The number of nitrogens with zero attached hydrogens (tertiary/aromatic N) is 1. The van der Waals surface area contributed by atoms with Gasteiger partial charge in [-0.2, -0.15) is 5.26 Å². The van der Waals surface area contributed by atoms with Crippen LogP contribution in [0.1, 0.15) is 18.9 Å². The number of hydrogen-bond acceptors (Lipinski definition) is 3. The Morgan fingerprint density at radius 3 is 2.75 bits per heavy atom. The van der Waals surface area contributed by atoms with E-state index in [4.69, 9.17) is 10.4 Å². The van der Waals surface area contributed by atoms with E-state index < -0.39 is 12.0 Å². The summed E-state index contributed by atoms with van der Waals surface area (Å²) in [5.41, 5.74) is 1.05. The van der Waals surface area contributed by atoms with E-state index in [1.807, 2.05) is 6.07 Å². The molecule has 0 saturated heterocycles. The van der Waals surface area contributed by atoms with Crippen molar-refractivity contribution >= 4 is 17.7 Å². The molecule has 1 rings (SSSR count). The van der Waals surface area contributed by atoms with E-state index in [9.17, 15) is 9.59 Å². The molecule has 0 saturated carbocycles. The number of aliphatic carboxylic acids is 1. The van der Waals surface area contributed by atoms with Crippen LogP contribution in [0.5, 0.6) is 0 Å². The number of anilines is 1. The van der Waals surface area contributed by atoms with Crippen molar-refractivity contribution in [2.45, 2.75) is 13.3 Å². The minimum absolute atomic E-state index is 0.238. The average molecular weight is 273 g/mol. The third-order valence-corrected chi connectivity index (χ3v) is 2.51. The molecule has 0 radical (unpaired) electrons. The van der Waals surface area contributed by atoms with E-state index in [2.05, 4.69) is 10.6 Å². The van der Waals surface area contributed by atoms with Gasteiger partial charge >= 0.3 is 12.0 Å². The van der Waals surface area contributed by atoms with Gasteiger partial charge in [0.05, 0.1) is 11.3 Å². The Morgan fingerprint density at radius 1 is 1.40 bits per heavy atom. The lowest BCUT2D eigenvalue weighted by Gasteiger charge is -2.07. The molecule has 0 atom stereocenters. The minimum atomic E-state index is -0.975. The Hall–Kier alpha value is -2.81. The molecule has 0 spiro atoms. The first-order valence-corrected chi connectivity index (χ1v) is 5.98. The lowest BCUT2D eigenvalue weighted by molar-refractivity contribution is -0.132. The Bertz CT molecular complexity index is 573. The lowest BCUT2D eigenvalue weighted by atomic mass is 10.2. The summed E-state index contributed by atoms with van der Waals surface area (Å²) >= 11 is 0. The van der Waals surface area contributed by atoms with Crippen molar-refractivity contribution in [3.63, 3.8) is 0 Å². The van der Waals surface area contributed by atoms with Gasteiger partial charge in [0.15, 0.2) is 0 Å². The summed E-state index contributed by atoms with van der Waals surface area (Å²) in [6.07, 6.45) is 1.96. The first-order valence-electron chi connectivity index (χ1n) is 5.98. The Labute approximate surface area is 116 Å². The van der Waals surface area contributed by atoms with Crippen LogP contribution in [0.3, 0.4) is 0 Å².